The second kappa shape index (κ2) is 6.84. The fourth-order valence-corrected chi connectivity index (χ4v) is 4.07. The van der Waals surface area contributed by atoms with Crippen molar-refractivity contribution in [1.82, 2.24) is 30.3 Å². The number of phenolic OH excluding ortho intramolecular Hbond substituents is 1. The van der Waals surface area contributed by atoms with Gasteiger partial charge in [0.05, 0.1) is 18.5 Å². The molecule has 0 aliphatic carbocycles. The Balaban J connectivity index is 1.34. The molecule has 0 saturated carbocycles. The van der Waals surface area contributed by atoms with Gasteiger partial charge < -0.3 is 15.1 Å². The molecule has 3 N–H and O–H groups in total. The Morgan fingerprint density at radius 2 is 2.00 bits per heavy atom. The number of aromatic amines is 1. The first-order valence-corrected chi connectivity index (χ1v) is 9.37. The second-order valence-electron chi connectivity index (χ2n) is 7.35. The van der Waals surface area contributed by atoms with Crippen LogP contribution in [0.15, 0.2) is 36.8 Å². The Bertz CT molecular complexity index is 961. The van der Waals surface area contributed by atoms with Gasteiger partial charge in [-0.2, -0.15) is 5.10 Å². The lowest BCUT2D eigenvalue weighted by molar-refractivity contribution is 0.173. The van der Waals surface area contributed by atoms with E-state index in [-0.39, 0.29) is 11.9 Å². The third-order valence-corrected chi connectivity index (χ3v) is 5.53. The number of hydrogen-bond acceptors (Lipinski definition) is 8. The van der Waals surface area contributed by atoms with E-state index < -0.39 is 0 Å². The molecule has 2 atom stereocenters. The van der Waals surface area contributed by atoms with Gasteiger partial charge in [0.1, 0.15) is 11.4 Å². The molecule has 2 aliphatic rings. The van der Waals surface area contributed by atoms with E-state index in [0.717, 1.165) is 43.7 Å². The van der Waals surface area contributed by atoms with E-state index in [9.17, 15) is 10.2 Å². The second-order valence-corrected chi connectivity index (χ2v) is 7.35. The van der Waals surface area contributed by atoms with E-state index in [1.165, 1.54) is 0 Å². The Morgan fingerprint density at radius 3 is 2.75 bits per heavy atom. The maximum Gasteiger partial charge on any atom is 0.245 e. The van der Waals surface area contributed by atoms with Gasteiger partial charge >= 0.3 is 0 Å². The standard InChI is InChI=1S/C19H21N7O2/c27-15-6-14-10-26(4-3-25(14)11-15)19-20-9-17(23-24-19)16-2-1-12(5-18(16)28)13-7-21-22-8-13/h1-2,5,7-9,14-15,27-28H,3-4,6,10-11H2,(H,21,22)/t14-,15+/m0/s1. The summed E-state index contributed by atoms with van der Waals surface area (Å²) in [5, 5.41) is 35.5. The lowest BCUT2D eigenvalue weighted by atomic mass is 10.0. The molecule has 28 heavy (non-hydrogen) atoms. The zero-order chi connectivity index (χ0) is 19.1. The Morgan fingerprint density at radius 1 is 1.07 bits per heavy atom. The zero-order valence-electron chi connectivity index (χ0n) is 15.2. The van der Waals surface area contributed by atoms with Crippen LogP contribution in [0.3, 0.4) is 0 Å². The van der Waals surface area contributed by atoms with Crippen LogP contribution in [-0.4, -0.2) is 78.8 Å². The summed E-state index contributed by atoms with van der Waals surface area (Å²) in [4.78, 5) is 8.90. The molecule has 0 amide bonds. The van der Waals surface area contributed by atoms with Gasteiger partial charge in [-0.3, -0.25) is 10.00 Å². The van der Waals surface area contributed by atoms with Crippen molar-refractivity contribution in [1.29, 1.82) is 0 Å². The minimum atomic E-state index is -0.237. The van der Waals surface area contributed by atoms with Crippen LogP contribution in [0.25, 0.3) is 22.4 Å². The van der Waals surface area contributed by atoms with Gasteiger partial charge in [0, 0.05) is 49.5 Å². The van der Waals surface area contributed by atoms with Crippen molar-refractivity contribution in [3.8, 4) is 28.1 Å². The van der Waals surface area contributed by atoms with Crippen molar-refractivity contribution in [3.05, 3.63) is 36.8 Å². The number of piperazine rings is 1. The average molecular weight is 379 g/mol. The Labute approximate surface area is 161 Å². The summed E-state index contributed by atoms with van der Waals surface area (Å²) in [6.07, 6.45) is 5.67. The van der Waals surface area contributed by atoms with Gasteiger partial charge in [0.15, 0.2) is 0 Å². The fourth-order valence-electron chi connectivity index (χ4n) is 4.07. The molecule has 0 bridgehead atoms. The van der Waals surface area contributed by atoms with Crippen molar-refractivity contribution in [2.45, 2.75) is 18.6 Å². The number of nitrogens with zero attached hydrogens (tertiary/aromatic N) is 6. The third kappa shape index (κ3) is 3.08. The van der Waals surface area contributed by atoms with Gasteiger partial charge in [-0.1, -0.05) is 6.07 Å². The summed E-state index contributed by atoms with van der Waals surface area (Å²) >= 11 is 0. The van der Waals surface area contributed by atoms with Crippen LogP contribution in [0.5, 0.6) is 5.75 Å². The molecule has 9 nitrogen and oxygen atoms in total. The van der Waals surface area contributed by atoms with Gasteiger partial charge in [0.2, 0.25) is 5.95 Å². The fraction of sp³-hybridized carbons (Fsp3) is 0.368. The number of hydrogen-bond donors (Lipinski definition) is 3. The van der Waals surface area contributed by atoms with Crippen LogP contribution < -0.4 is 4.90 Å². The zero-order valence-corrected chi connectivity index (χ0v) is 15.2. The highest BCUT2D eigenvalue weighted by Gasteiger charge is 2.36. The number of anilines is 1. The number of rotatable bonds is 3. The SMILES string of the molecule is Oc1cc(-c2cn[nH]c2)ccc1-c1cnc(N2CCN3C[C@H](O)C[C@H]3C2)nn1. The average Bonchev–Trinajstić information content (AvgIpc) is 3.36. The number of benzene rings is 1. The molecule has 3 aromatic rings. The maximum atomic E-state index is 10.4. The number of fused-ring (bicyclic) bond motifs is 1. The van der Waals surface area contributed by atoms with E-state index in [4.69, 9.17) is 0 Å². The monoisotopic (exact) mass is 379 g/mol. The van der Waals surface area contributed by atoms with Gasteiger partial charge in [-0.05, 0) is 24.1 Å². The molecule has 0 radical (unpaired) electrons. The molecular weight excluding hydrogens is 358 g/mol. The van der Waals surface area contributed by atoms with Gasteiger partial charge in [-0.25, -0.2) is 4.98 Å². The predicted molar refractivity (Wildman–Crippen MR) is 103 cm³/mol. The molecule has 0 spiro atoms. The van der Waals surface area contributed by atoms with E-state index in [2.05, 4.69) is 35.2 Å². The van der Waals surface area contributed by atoms with E-state index in [0.29, 0.717) is 23.2 Å². The van der Waals surface area contributed by atoms with Crippen molar-refractivity contribution in [3.63, 3.8) is 0 Å². The molecule has 9 heteroatoms. The number of aromatic nitrogens is 5. The van der Waals surface area contributed by atoms with Crippen molar-refractivity contribution >= 4 is 5.95 Å². The number of phenols is 1. The smallest absolute Gasteiger partial charge is 0.245 e. The molecule has 0 unspecified atom stereocenters. The number of aliphatic hydroxyl groups excluding tert-OH is 1. The third-order valence-electron chi connectivity index (χ3n) is 5.53. The van der Waals surface area contributed by atoms with E-state index in [1.54, 1.807) is 24.7 Å². The van der Waals surface area contributed by atoms with Crippen molar-refractivity contribution in [2.24, 2.45) is 0 Å². The summed E-state index contributed by atoms with van der Waals surface area (Å²) in [6, 6.07) is 5.73. The first-order chi connectivity index (χ1) is 13.7. The number of nitrogens with one attached hydrogen (secondary N) is 1. The topological polar surface area (TPSA) is 114 Å². The normalized spacial score (nSPS) is 22.4. The van der Waals surface area contributed by atoms with Crippen LogP contribution in [-0.2, 0) is 0 Å². The highest BCUT2D eigenvalue weighted by atomic mass is 16.3. The lowest BCUT2D eigenvalue weighted by Gasteiger charge is -2.36. The molecule has 2 aromatic heterocycles. The molecule has 5 rings (SSSR count). The van der Waals surface area contributed by atoms with Crippen LogP contribution in [0.2, 0.25) is 0 Å². The molecule has 1 aromatic carbocycles. The van der Waals surface area contributed by atoms with Gasteiger partial charge in [0.25, 0.3) is 0 Å². The highest BCUT2D eigenvalue weighted by molar-refractivity contribution is 5.73. The first kappa shape index (κ1) is 17.1. The maximum absolute atomic E-state index is 10.4. The number of aromatic hydroxyl groups is 1. The summed E-state index contributed by atoms with van der Waals surface area (Å²) in [7, 11) is 0. The van der Waals surface area contributed by atoms with Crippen LogP contribution in [0.1, 0.15) is 6.42 Å². The summed E-state index contributed by atoms with van der Waals surface area (Å²) in [5.41, 5.74) is 2.87. The van der Waals surface area contributed by atoms with E-state index in [1.807, 2.05) is 12.1 Å². The molecule has 2 saturated heterocycles. The van der Waals surface area contributed by atoms with Crippen LogP contribution in [0, 0.1) is 0 Å². The largest absolute Gasteiger partial charge is 0.507 e. The molecular formula is C19H21N7O2. The molecule has 2 aliphatic heterocycles. The lowest BCUT2D eigenvalue weighted by Crippen LogP contribution is -2.50. The summed E-state index contributed by atoms with van der Waals surface area (Å²) in [6.45, 7) is 3.26. The predicted octanol–water partition coefficient (Wildman–Crippen LogP) is 0.889. The Kier molecular flexibility index (Phi) is 4.18. The molecule has 4 heterocycles. The van der Waals surface area contributed by atoms with Crippen molar-refractivity contribution < 1.29 is 10.2 Å². The molecule has 2 fully saturated rings. The first-order valence-electron chi connectivity index (χ1n) is 9.37. The minimum Gasteiger partial charge on any atom is -0.507 e. The van der Waals surface area contributed by atoms with E-state index >= 15 is 0 Å². The number of aliphatic hydroxyl groups is 1. The molecule has 144 valence electrons. The van der Waals surface area contributed by atoms with Crippen LogP contribution in [0.4, 0.5) is 5.95 Å². The van der Waals surface area contributed by atoms with Crippen LogP contribution >= 0.6 is 0 Å². The minimum absolute atomic E-state index is 0.121. The Hall–Kier alpha value is -3.04. The van der Waals surface area contributed by atoms with Crippen molar-refractivity contribution in [2.75, 3.05) is 31.1 Å². The van der Waals surface area contributed by atoms with Gasteiger partial charge in [-0.15, -0.1) is 10.2 Å². The highest BCUT2D eigenvalue weighted by Crippen LogP contribution is 2.32. The number of H-pyrrole nitrogens is 1. The summed E-state index contributed by atoms with van der Waals surface area (Å²) in [5.74, 6) is 0.704. The quantitative estimate of drug-likeness (QED) is 0.615. The summed E-state index contributed by atoms with van der Waals surface area (Å²) < 4.78 is 0.